The van der Waals surface area contributed by atoms with Crippen molar-refractivity contribution < 1.29 is 8.42 Å². The molecule has 0 aliphatic carbocycles. The van der Waals surface area contributed by atoms with Crippen molar-refractivity contribution in [2.45, 2.75) is 6.42 Å². The first kappa shape index (κ1) is 14.9. The van der Waals surface area contributed by atoms with Gasteiger partial charge in [0, 0.05) is 13.6 Å². The minimum atomic E-state index is -3.31. The molecule has 0 bridgehead atoms. The van der Waals surface area contributed by atoms with Gasteiger partial charge in [0.25, 0.3) is 0 Å². The number of fused-ring (bicyclic) bond motifs is 1. The summed E-state index contributed by atoms with van der Waals surface area (Å²) in [6.07, 6.45) is 0.539. The number of hydrogen-bond acceptors (Lipinski definition) is 3. The van der Waals surface area contributed by atoms with E-state index in [1.54, 1.807) is 4.31 Å². The molecule has 0 aromatic heterocycles. The van der Waals surface area contributed by atoms with Crippen LogP contribution in [0.4, 0.5) is 11.4 Å². The summed E-state index contributed by atoms with van der Waals surface area (Å²) in [5.41, 5.74) is 2.80. The summed E-state index contributed by atoms with van der Waals surface area (Å²) in [7, 11) is -1.32. The molecule has 0 atom stereocenters. The summed E-state index contributed by atoms with van der Waals surface area (Å²) in [5.74, 6) is 0.134. The van der Waals surface area contributed by atoms with Crippen LogP contribution in [0.3, 0.4) is 0 Å². The number of sulfonamides is 1. The summed E-state index contributed by atoms with van der Waals surface area (Å²) in [4.78, 5) is 2.10. The zero-order chi connectivity index (χ0) is 15.6. The molecule has 2 aromatic rings. The lowest BCUT2D eigenvalue weighted by Crippen LogP contribution is -2.43. The molecular weight excluding hydrogens is 296 g/mol. The maximum Gasteiger partial charge on any atom is 0.235 e. The van der Waals surface area contributed by atoms with Gasteiger partial charge in [-0.3, -0.25) is 4.31 Å². The molecule has 0 saturated heterocycles. The summed E-state index contributed by atoms with van der Waals surface area (Å²) < 4.78 is 27.0. The number of likely N-dealkylation sites (N-methyl/N-ethyl adjacent to an activating group) is 1. The topological polar surface area (TPSA) is 40.6 Å². The maximum absolute atomic E-state index is 12.7. The molecule has 0 N–H and O–H groups in total. The molecule has 0 saturated carbocycles. The first-order valence-corrected chi connectivity index (χ1v) is 9.03. The lowest BCUT2D eigenvalue weighted by Gasteiger charge is -2.36. The van der Waals surface area contributed by atoms with Gasteiger partial charge in [0.05, 0.1) is 23.7 Å². The standard InChI is InChI=1S/C17H20N2O2S/c1-18-12-13-19(17-10-6-5-9-16(17)18)22(20,21)14-11-15-7-3-2-4-8-15/h2-10H,11-14H2,1H3. The Kier molecular flexibility index (Phi) is 4.07. The van der Waals surface area contributed by atoms with E-state index in [0.717, 1.165) is 16.9 Å². The Hall–Kier alpha value is -2.01. The zero-order valence-electron chi connectivity index (χ0n) is 12.6. The minimum Gasteiger partial charge on any atom is -0.371 e. The third-order valence-corrected chi connectivity index (χ3v) is 5.80. The summed E-state index contributed by atoms with van der Waals surface area (Å²) in [5, 5.41) is 0. The SMILES string of the molecule is CN1CCN(S(=O)(=O)CCc2ccccc2)c2ccccc21. The second kappa shape index (κ2) is 6.01. The first-order valence-electron chi connectivity index (χ1n) is 7.42. The molecule has 0 fully saturated rings. The maximum atomic E-state index is 12.7. The lowest BCUT2D eigenvalue weighted by molar-refractivity contribution is 0.588. The highest BCUT2D eigenvalue weighted by atomic mass is 32.2. The predicted molar refractivity (Wildman–Crippen MR) is 91.0 cm³/mol. The van der Waals surface area contributed by atoms with E-state index in [4.69, 9.17) is 0 Å². The molecule has 0 amide bonds. The molecule has 1 heterocycles. The smallest absolute Gasteiger partial charge is 0.235 e. The van der Waals surface area contributed by atoms with E-state index in [1.165, 1.54) is 0 Å². The van der Waals surface area contributed by atoms with E-state index >= 15 is 0 Å². The molecule has 1 aliphatic heterocycles. The normalized spacial score (nSPS) is 14.8. The van der Waals surface area contributed by atoms with Crippen LogP contribution < -0.4 is 9.21 Å². The highest BCUT2D eigenvalue weighted by molar-refractivity contribution is 7.92. The number of para-hydroxylation sites is 2. The van der Waals surface area contributed by atoms with Crippen molar-refractivity contribution in [3.8, 4) is 0 Å². The van der Waals surface area contributed by atoms with E-state index in [1.807, 2.05) is 61.6 Å². The van der Waals surface area contributed by atoms with Crippen LogP contribution >= 0.6 is 0 Å². The highest BCUT2D eigenvalue weighted by Gasteiger charge is 2.28. The molecule has 5 heteroatoms. The number of rotatable bonds is 4. The van der Waals surface area contributed by atoms with Gasteiger partial charge in [0.1, 0.15) is 0 Å². The molecular formula is C17H20N2O2S. The van der Waals surface area contributed by atoms with Crippen molar-refractivity contribution in [1.29, 1.82) is 0 Å². The van der Waals surface area contributed by atoms with Crippen LogP contribution in [0.1, 0.15) is 5.56 Å². The van der Waals surface area contributed by atoms with Gasteiger partial charge in [-0.25, -0.2) is 8.42 Å². The van der Waals surface area contributed by atoms with Crippen molar-refractivity contribution in [2.24, 2.45) is 0 Å². The van der Waals surface area contributed by atoms with Crippen molar-refractivity contribution in [3.63, 3.8) is 0 Å². The van der Waals surface area contributed by atoms with E-state index in [2.05, 4.69) is 4.90 Å². The van der Waals surface area contributed by atoms with Crippen molar-refractivity contribution >= 4 is 21.4 Å². The van der Waals surface area contributed by atoms with Crippen LogP contribution in [0.2, 0.25) is 0 Å². The number of anilines is 2. The molecule has 3 rings (SSSR count). The molecule has 0 unspecified atom stereocenters. The Bertz CT molecular complexity index is 744. The molecule has 0 spiro atoms. The van der Waals surface area contributed by atoms with Gasteiger partial charge in [-0.05, 0) is 24.1 Å². The van der Waals surface area contributed by atoms with Crippen molar-refractivity contribution in [3.05, 3.63) is 60.2 Å². The molecule has 22 heavy (non-hydrogen) atoms. The molecule has 2 aromatic carbocycles. The number of hydrogen-bond donors (Lipinski definition) is 0. The average Bonchev–Trinajstić information content (AvgIpc) is 2.54. The number of nitrogens with zero attached hydrogens (tertiary/aromatic N) is 2. The lowest BCUT2D eigenvalue weighted by atomic mass is 10.2. The highest BCUT2D eigenvalue weighted by Crippen LogP contribution is 2.33. The minimum absolute atomic E-state index is 0.134. The fourth-order valence-electron chi connectivity index (χ4n) is 2.77. The molecule has 0 radical (unpaired) electrons. The second-order valence-electron chi connectivity index (χ2n) is 5.53. The Balaban J connectivity index is 1.82. The number of benzene rings is 2. The third kappa shape index (κ3) is 2.95. The van der Waals surface area contributed by atoms with Gasteiger partial charge in [0.15, 0.2) is 0 Å². The monoisotopic (exact) mass is 316 g/mol. The van der Waals surface area contributed by atoms with Gasteiger partial charge in [-0.2, -0.15) is 0 Å². The quantitative estimate of drug-likeness (QED) is 0.870. The molecule has 116 valence electrons. The Labute approximate surface area is 132 Å². The summed E-state index contributed by atoms with van der Waals surface area (Å²) in [6, 6.07) is 17.4. The van der Waals surface area contributed by atoms with Crippen LogP contribution in [-0.4, -0.2) is 34.3 Å². The Morgan fingerprint density at radius 2 is 1.55 bits per heavy atom. The molecule has 1 aliphatic rings. The predicted octanol–water partition coefficient (Wildman–Crippen LogP) is 2.52. The van der Waals surface area contributed by atoms with Gasteiger partial charge in [0.2, 0.25) is 10.0 Å². The second-order valence-corrected chi connectivity index (χ2v) is 7.55. The van der Waals surface area contributed by atoms with E-state index in [0.29, 0.717) is 19.5 Å². The number of aryl methyl sites for hydroxylation is 1. The van der Waals surface area contributed by atoms with Gasteiger partial charge < -0.3 is 4.90 Å². The van der Waals surface area contributed by atoms with Crippen LogP contribution in [0, 0.1) is 0 Å². The largest absolute Gasteiger partial charge is 0.371 e. The molecule has 4 nitrogen and oxygen atoms in total. The Morgan fingerprint density at radius 1 is 0.909 bits per heavy atom. The van der Waals surface area contributed by atoms with Crippen LogP contribution in [0.25, 0.3) is 0 Å². The van der Waals surface area contributed by atoms with Crippen molar-refractivity contribution in [2.75, 3.05) is 35.1 Å². The van der Waals surface area contributed by atoms with Crippen LogP contribution in [0.5, 0.6) is 0 Å². The van der Waals surface area contributed by atoms with Crippen LogP contribution in [0.15, 0.2) is 54.6 Å². The summed E-state index contributed by atoms with van der Waals surface area (Å²) in [6.45, 7) is 1.21. The Morgan fingerprint density at radius 3 is 2.27 bits per heavy atom. The third-order valence-electron chi connectivity index (χ3n) is 4.03. The van der Waals surface area contributed by atoms with E-state index in [-0.39, 0.29) is 5.75 Å². The first-order chi connectivity index (χ1) is 10.6. The summed E-state index contributed by atoms with van der Waals surface area (Å²) >= 11 is 0. The van der Waals surface area contributed by atoms with Gasteiger partial charge in [-0.1, -0.05) is 42.5 Å². The van der Waals surface area contributed by atoms with Crippen LogP contribution in [-0.2, 0) is 16.4 Å². The van der Waals surface area contributed by atoms with Gasteiger partial charge >= 0.3 is 0 Å². The van der Waals surface area contributed by atoms with Crippen molar-refractivity contribution in [1.82, 2.24) is 0 Å². The van der Waals surface area contributed by atoms with Gasteiger partial charge in [-0.15, -0.1) is 0 Å². The fourth-order valence-corrected chi connectivity index (χ4v) is 4.30. The van der Waals surface area contributed by atoms with E-state index < -0.39 is 10.0 Å². The average molecular weight is 316 g/mol. The zero-order valence-corrected chi connectivity index (χ0v) is 13.5. The van der Waals surface area contributed by atoms with E-state index in [9.17, 15) is 8.42 Å². The fraction of sp³-hybridized carbons (Fsp3) is 0.294.